The van der Waals surface area contributed by atoms with E-state index >= 15 is 0 Å². The van der Waals surface area contributed by atoms with E-state index in [0.717, 1.165) is 0 Å². The van der Waals surface area contributed by atoms with Crippen molar-refractivity contribution in [3.05, 3.63) is 36.2 Å². The molecule has 1 aromatic heterocycles. The summed E-state index contributed by atoms with van der Waals surface area (Å²) in [4.78, 5) is 14.5. The Kier molecular flexibility index (Phi) is 3.42. The third kappa shape index (κ3) is 2.39. The second kappa shape index (κ2) is 5.38. The fourth-order valence-electron chi connectivity index (χ4n) is 2.30. The summed E-state index contributed by atoms with van der Waals surface area (Å²) in [7, 11) is 0. The van der Waals surface area contributed by atoms with Gasteiger partial charge in [0, 0.05) is 13.1 Å². The van der Waals surface area contributed by atoms with Crippen LogP contribution in [0, 0.1) is 0 Å². The largest absolute Gasteiger partial charge is 0.375 e. The van der Waals surface area contributed by atoms with Gasteiger partial charge in [-0.2, -0.15) is 4.68 Å². The van der Waals surface area contributed by atoms with Gasteiger partial charge in [-0.05, 0) is 29.5 Å². The topological polar surface area (TPSA) is 73.1 Å². The van der Waals surface area contributed by atoms with Crippen molar-refractivity contribution in [2.45, 2.75) is 13.0 Å². The fraction of sp³-hybridized carbons (Fsp3) is 0.385. The number of rotatable bonds is 2. The maximum absolute atomic E-state index is 12.6. The van der Waals surface area contributed by atoms with Crippen molar-refractivity contribution in [1.82, 2.24) is 25.1 Å². The highest BCUT2D eigenvalue weighted by Crippen LogP contribution is 2.17. The minimum Gasteiger partial charge on any atom is -0.375 e. The average Bonchev–Trinajstić information content (AvgIpc) is 3.00. The van der Waals surface area contributed by atoms with E-state index in [0.29, 0.717) is 30.9 Å². The molecule has 0 spiro atoms. The quantitative estimate of drug-likeness (QED) is 0.797. The number of amides is 1. The van der Waals surface area contributed by atoms with Crippen LogP contribution in [0.4, 0.5) is 0 Å². The van der Waals surface area contributed by atoms with Crippen LogP contribution in [0.25, 0.3) is 5.69 Å². The molecule has 1 atom stereocenters. The van der Waals surface area contributed by atoms with Gasteiger partial charge < -0.3 is 9.64 Å². The van der Waals surface area contributed by atoms with E-state index in [2.05, 4.69) is 15.5 Å². The highest BCUT2D eigenvalue weighted by molar-refractivity contribution is 5.97. The first-order chi connectivity index (χ1) is 9.75. The fourth-order valence-corrected chi connectivity index (χ4v) is 2.30. The maximum atomic E-state index is 12.6. The number of para-hydroxylation sites is 1. The van der Waals surface area contributed by atoms with Gasteiger partial charge in [-0.15, -0.1) is 5.10 Å². The zero-order valence-corrected chi connectivity index (χ0v) is 11.1. The van der Waals surface area contributed by atoms with Gasteiger partial charge in [-0.25, -0.2) is 0 Å². The number of morpholine rings is 1. The van der Waals surface area contributed by atoms with Crippen LogP contribution < -0.4 is 0 Å². The summed E-state index contributed by atoms with van der Waals surface area (Å²) in [6.45, 7) is 3.74. The average molecular weight is 273 g/mol. The Morgan fingerprint density at radius 2 is 2.25 bits per heavy atom. The van der Waals surface area contributed by atoms with E-state index in [1.54, 1.807) is 11.0 Å². The number of aromatic nitrogens is 4. The van der Waals surface area contributed by atoms with E-state index in [9.17, 15) is 4.79 Å². The lowest BCUT2D eigenvalue weighted by atomic mass is 10.1. The van der Waals surface area contributed by atoms with E-state index in [-0.39, 0.29) is 12.0 Å². The highest BCUT2D eigenvalue weighted by atomic mass is 16.5. The molecule has 1 aliphatic rings. The van der Waals surface area contributed by atoms with Gasteiger partial charge in [0.25, 0.3) is 5.91 Å². The molecule has 0 saturated carbocycles. The maximum Gasteiger partial charge on any atom is 0.256 e. The molecule has 1 aliphatic heterocycles. The summed E-state index contributed by atoms with van der Waals surface area (Å²) in [5, 5.41) is 11.1. The Bertz CT molecular complexity index is 599. The molecule has 2 aromatic rings. The second-order valence-electron chi connectivity index (χ2n) is 4.70. The summed E-state index contributed by atoms with van der Waals surface area (Å²) < 4.78 is 6.96. The molecule has 0 unspecified atom stereocenters. The van der Waals surface area contributed by atoms with Crippen LogP contribution in [0.1, 0.15) is 17.3 Å². The van der Waals surface area contributed by atoms with Crippen LogP contribution in [-0.4, -0.2) is 56.8 Å². The number of tetrazole rings is 1. The second-order valence-corrected chi connectivity index (χ2v) is 4.70. The van der Waals surface area contributed by atoms with Crippen molar-refractivity contribution >= 4 is 5.91 Å². The molecule has 0 N–H and O–H groups in total. The van der Waals surface area contributed by atoms with Crippen molar-refractivity contribution in [1.29, 1.82) is 0 Å². The zero-order chi connectivity index (χ0) is 13.9. The first kappa shape index (κ1) is 12.7. The molecular weight excluding hydrogens is 258 g/mol. The zero-order valence-electron chi connectivity index (χ0n) is 11.1. The number of hydrogen-bond donors (Lipinski definition) is 0. The van der Waals surface area contributed by atoms with Gasteiger partial charge in [-0.3, -0.25) is 4.79 Å². The van der Waals surface area contributed by atoms with Crippen molar-refractivity contribution < 1.29 is 9.53 Å². The van der Waals surface area contributed by atoms with Crippen molar-refractivity contribution in [2.24, 2.45) is 0 Å². The smallest absolute Gasteiger partial charge is 0.256 e. The van der Waals surface area contributed by atoms with Gasteiger partial charge >= 0.3 is 0 Å². The van der Waals surface area contributed by atoms with Gasteiger partial charge in [-0.1, -0.05) is 12.1 Å². The minimum atomic E-state index is -0.0220. The highest BCUT2D eigenvalue weighted by Gasteiger charge is 2.24. The number of ether oxygens (including phenoxy) is 1. The molecule has 0 aliphatic carbocycles. The van der Waals surface area contributed by atoms with Crippen LogP contribution in [0.15, 0.2) is 30.6 Å². The summed E-state index contributed by atoms with van der Waals surface area (Å²) in [5.41, 5.74) is 1.27. The molecule has 2 heterocycles. The molecule has 3 rings (SSSR count). The Balaban J connectivity index is 1.92. The summed E-state index contributed by atoms with van der Waals surface area (Å²) >= 11 is 0. The molecule has 20 heavy (non-hydrogen) atoms. The molecule has 104 valence electrons. The molecule has 1 saturated heterocycles. The van der Waals surface area contributed by atoms with Crippen molar-refractivity contribution in [3.8, 4) is 5.69 Å². The summed E-state index contributed by atoms with van der Waals surface area (Å²) in [6.07, 6.45) is 1.54. The number of carbonyl (C=O) groups is 1. The number of hydrogen-bond acceptors (Lipinski definition) is 5. The number of nitrogens with zero attached hydrogens (tertiary/aromatic N) is 5. The van der Waals surface area contributed by atoms with Crippen LogP contribution in [0.2, 0.25) is 0 Å². The van der Waals surface area contributed by atoms with Crippen molar-refractivity contribution in [3.63, 3.8) is 0 Å². The normalized spacial score (nSPS) is 19.1. The lowest BCUT2D eigenvalue weighted by Gasteiger charge is -2.31. The molecule has 1 amide bonds. The number of benzene rings is 1. The Morgan fingerprint density at radius 3 is 3.00 bits per heavy atom. The lowest BCUT2D eigenvalue weighted by molar-refractivity contribution is -0.0124. The van der Waals surface area contributed by atoms with E-state index in [1.807, 2.05) is 25.1 Å². The van der Waals surface area contributed by atoms with Gasteiger partial charge in [0.15, 0.2) is 0 Å². The molecule has 1 fully saturated rings. The third-order valence-electron chi connectivity index (χ3n) is 3.26. The summed E-state index contributed by atoms with van der Waals surface area (Å²) in [6, 6.07) is 7.31. The first-order valence-corrected chi connectivity index (χ1v) is 6.49. The predicted octanol–water partition coefficient (Wildman–Crippen LogP) is 0.523. The Morgan fingerprint density at radius 1 is 1.40 bits per heavy atom. The van der Waals surface area contributed by atoms with E-state index < -0.39 is 0 Å². The van der Waals surface area contributed by atoms with Crippen LogP contribution in [-0.2, 0) is 4.74 Å². The first-order valence-electron chi connectivity index (χ1n) is 6.49. The Labute approximate surface area is 116 Å². The number of carbonyl (C=O) groups excluding carboxylic acids is 1. The monoisotopic (exact) mass is 273 g/mol. The molecule has 7 heteroatoms. The Hall–Kier alpha value is -2.28. The molecule has 1 aromatic carbocycles. The molecule has 0 bridgehead atoms. The standard InChI is InChI=1S/C13H15N5O2/c1-10-8-17(6-7-20-10)13(19)11-4-2-3-5-12(11)18-9-14-15-16-18/h2-5,9-10H,6-8H2,1H3/t10-/m0/s1. The van der Waals surface area contributed by atoms with Crippen LogP contribution in [0.5, 0.6) is 0 Å². The molecule has 0 radical (unpaired) electrons. The lowest BCUT2D eigenvalue weighted by Crippen LogP contribution is -2.44. The van der Waals surface area contributed by atoms with Gasteiger partial charge in [0.1, 0.15) is 6.33 Å². The minimum absolute atomic E-state index is 0.0220. The van der Waals surface area contributed by atoms with Gasteiger partial charge in [0.05, 0.1) is 24.0 Å². The van der Waals surface area contributed by atoms with Crippen molar-refractivity contribution in [2.75, 3.05) is 19.7 Å². The predicted molar refractivity (Wildman–Crippen MR) is 70.5 cm³/mol. The van der Waals surface area contributed by atoms with E-state index in [1.165, 1.54) is 11.0 Å². The van der Waals surface area contributed by atoms with Gasteiger partial charge in [0.2, 0.25) is 0 Å². The van der Waals surface area contributed by atoms with Crippen LogP contribution >= 0.6 is 0 Å². The molecule has 7 nitrogen and oxygen atoms in total. The third-order valence-corrected chi connectivity index (χ3v) is 3.26. The summed E-state index contributed by atoms with van der Waals surface area (Å²) in [5.74, 6) is -0.0220. The van der Waals surface area contributed by atoms with Crippen LogP contribution in [0.3, 0.4) is 0 Å². The van der Waals surface area contributed by atoms with E-state index in [4.69, 9.17) is 4.74 Å². The SMILES string of the molecule is C[C@H]1CN(C(=O)c2ccccc2-n2cnnn2)CCO1. The molecular formula is C13H15N5O2.